The number of aromatic hydroxyl groups is 2. The lowest BCUT2D eigenvalue weighted by atomic mass is 10.1. The summed E-state index contributed by atoms with van der Waals surface area (Å²) >= 11 is 3.26. The predicted octanol–water partition coefficient (Wildman–Crippen LogP) is 3.53. The summed E-state index contributed by atoms with van der Waals surface area (Å²) in [6.07, 6.45) is 0. The zero-order valence-electron chi connectivity index (χ0n) is 7.81. The van der Waals surface area contributed by atoms with Crippen molar-refractivity contribution in [1.29, 1.82) is 0 Å². The number of phenolic OH excluding ortho intramolecular Hbond substituents is 2. The summed E-state index contributed by atoms with van der Waals surface area (Å²) in [5.74, 6) is -0.252. The van der Waals surface area contributed by atoms with Gasteiger partial charge in [-0.2, -0.15) is 0 Å². The van der Waals surface area contributed by atoms with Crippen LogP contribution in [0, 0.1) is 0 Å². The average molecular weight is 265 g/mol. The highest BCUT2D eigenvalue weighted by Crippen LogP contribution is 2.40. The Labute approximate surface area is 95.9 Å². The Morgan fingerprint density at radius 1 is 0.867 bits per heavy atom. The minimum atomic E-state index is -0.128. The first-order valence-corrected chi connectivity index (χ1v) is 5.25. The molecule has 0 amide bonds. The molecule has 0 spiro atoms. The standard InChI is InChI=1S/C12H9BrO2/c13-11-9(6-7-10(14)12(11)15)8-4-2-1-3-5-8/h1-7,14-15H. The van der Waals surface area contributed by atoms with Crippen molar-refractivity contribution in [1.82, 2.24) is 0 Å². The molecule has 2 N–H and O–H groups in total. The second-order valence-electron chi connectivity index (χ2n) is 3.16. The van der Waals surface area contributed by atoms with E-state index in [0.29, 0.717) is 4.47 Å². The Kier molecular flexibility index (Phi) is 2.64. The fourth-order valence-electron chi connectivity index (χ4n) is 1.40. The predicted molar refractivity (Wildman–Crippen MR) is 62.9 cm³/mol. The first-order valence-electron chi connectivity index (χ1n) is 4.46. The third kappa shape index (κ3) is 1.83. The van der Waals surface area contributed by atoms with Crippen LogP contribution in [0.15, 0.2) is 46.9 Å². The molecule has 15 heavy (non-hydrogen) atoms. The zero-order valence-corrected chi connectivity index (χ0v) is 9.40. The maximum atomic E-state index is 9.55. The molecule has 0 radical (unpaired) electrons. The molecule has 2 aromatic carbocycles. The van der Waals surface area contributed by atoms with Crippen LogP contribution in [-0.2, 0) is 0 Å². The molecule has 0 aliphatic heterocycles. The van der Waals surface area contributed by atoms with Crippen LogP contribution in [0.3, 0.4) is 0 Å². The van der Waals surface area contributed by atoms with Gasteiger partial charge in [0.1, 0.15) is 0 Å². The molecule has 76 valence electrons. The van der Waals surface area contributed by atoms with Crippen molar-refractivity contribution < 1.29 is 10.2 Å². The maximum Gasteiger partial charge on any atom is 0.172 e. The lowest BCUT2D eigenvalue weighted by molar-refractivity contribution is 0.402. The fraction of sp³-hybridized carbons (Fsp3) is 0. The van der Waals surface area contributed by atoms with Crippen LogP contribution in [0.4, 0.5) is 0 Å². The van der Waals surface area contributed by atoms with E-state index >= 15 is 0 Å². The van der Waals surface area contributed by atoms with Crippen LogP contribution < -0.4 is 0 Å². The molecule has 3 heteroatoms. The van der Waals surface area contributed by atoms with E-state index in [1.54, 1.807) is 6.07 Å². The van der Waals surface area contributed by atoms with Gasteiger partial charge in [-0.1, -0.05) is 30.3 Å². The third-order valence-electron chi connectivity index (χ3n) is 2.18. The van der Waals surface area contributed by atoms with E-state index in [0.717, 1.165) is 11.1 Å². The molecule has 0 aromatic heterocycles. The van der Waals surface area contributed by atoms with Gasteiger partial charge in [-0.05, 0) is 39.2 Å². The number of halogens is 1. The lowest BCUT2D eigenvalue weighted by Gasteiger charge is -2.07. The zero-order chi connectivity index (χ0) is 10.8. The number of rotatable bonds is 1. The highest BCUT2D eigenvalue weighted by molar-refractivity contribution is 9.10. The lowest BCUT2D eigenvalue weighted by Crippen LogP contribution is -1.80. The first kappa shape index (κ1) is 10.1. The van der Waals surface area contributed by atoms with Gasteiger partial charge in [0.2, 0.25) is 0 Å². The number of hydrogen-bond donors (Lipinski definition) is 2. The van der Waals surface area contributed by atoms with Gasteiger partial charge in [0.15, 0.2) is 11.5 Å². The molecule has 0 saturated heterocycles. The highest BCUT2D eigenvalue weighted by atomic mass is 79.9. The van der Waals surface area contributed by atoms with Crippen LogP contribution >= 0.6 is 15.9 Å². The highest BCUT2D eigenvalue weighted by Gasteiger charge is 2.10. The molecule has 2 nitrogen and oxygen atoms in total. The average Bonchev–Trinajstić information content (AvgIpc) is 2.27. The molecule has 0 fully saturated rings. The third-order valence-corrected chi connectivity index (χ3v) is 2.98. The number of phenols is 2. The summed E-state index contributed by atoms with van der Waals surface area (Å²) in [4.78, 5) is 0. The van der Waals surface area contributed by atoms with Crippen LogP contribution in [0.5, 0.6) is 11.5 Å². The first-order chi connectivity index (χ1) is 7.20. The van der Waals surface area contributed by atoms with Crippen molar-refractivity contribution in [3.63, 3.8) is 0 Å². The second-order valence-corrected chi connectivity index (χ2v) is 3.95. The minimum Gasteiger partial charge on any atom is -0.504 e. The Morgan fingerprint density at radius 2 is 1.53 bits per heavy atom. The summed E-state index contributed by atoms with van der Waals surface area (Å²) in [7, 11) is 0. The SMILES string of the molecule is Oc1ccc(-c2ccccc2)c(Br)c1O. The van der Waals surface area contributed by atoms with Gasteiger partial charge in [0.25, 0.3) is 0 Å². The van der Waals surface area contributed by atoms with E-state index in [2.05, 4.69) is 15.9 Å². The quantitative estimate of drug-likeness (QED) is 0.774. The number of benzene rings is 2. The van der Waals surface area contributed by atoms with Gasteiger partial charge in [0, 0.05) is 0 Å². The van der Waals surface area contributed by atoms with Gasteiger partial charge >= 0.3 is 0 Å². The van der Waals surface area contributed by atoms with Gasteiger partial charge in [-0.15, -0.1) is 0 Å². The molecule has 0 saturated carbocycles. The molecular formula is C12H9BrO2. The Hall–Kier alpha value is -1.48. The molecule has 0 aliphatic carbocycles. The Morgan fingerprint density at radius 3 is 2.20 bits per heavy atom. The smallest absolute Gasteiger partial charge is 0.172 e. The molecule has 2 rings (SSSR count). The van der Waals surface area contributed by atoms with Gasteiger partial charge in [0.05, 0.1) is 4.47 Å². The van der Waals surface area contributed by atoms with E-state index in [4.69, 9.17) is 0 Å². The van der Waals surface area contributed by atoms with Crippen molar-refractivity contribution in [3.05, 3.63) is 46.9 Å². The Balaban J connectivity index is 2.60. The van der Waals surface area contributed by atoms with Crippen LogP contribution in [-0.4, -0.2) is 10.2 Å². The van der Waals surface area contributed by atoms with Crippen LogP contribution in [0.2, 0.25) is 0 Å². The molecule has 0 atom stereocenters. The van der Waals surface area contributed by atoms with E-state index in [-0.39, 0.29) is 11.5 Å². The summed E-state index contributed by atoms with van der Waals surface area (Å²) in [6.45, 7) is 0. The van der Waals surface area contributed by atoms with Crippen LogP contribution in [0.1, 0.15) is 0 Å². The topological polar surface area (TPSA) is 40.5 Å². The normalized spacial score (nSPS) is 10.2. The molecular weight excluding hydrogens is 256 g/mol. The van der Waals surface area contributed by atoms with Crippen molar-refractivity contribution in [2.24, 2.45) is 0 Å². The molecule has 0 aliphatic rings. The van der Waals surface area contributed by atoms with Crippen molar-refractivity contribution >= 4 is 15.9 Å². The largest absolute Gasteiger partial charge is 0.504 e. The molecule has 0 bridgehead atoms. The Bertz CT molecular complexity index is 480. The number of hydrogen-bond acceptors (Lipinski definition) is 2. The molecule has 0 heterocycles. The van der Waals surface area contributed by atoms with Crippen LogP contribution in [0.25, 0.3) is 11.1 Å². The molecule has 2 aromatic rings. The van der Waals surface area contributed by atoms with Crippen molar-refractivity contribution in [3.8, 4) is 22.6 Å². The van der Waals surface area contributed by atoms with E-state index in [1.165, 1.54) is 6.07 Å². The van der Waals surface area contributed by atoms with Crippen molar-refractivity contribution in [2.45, 2.75) is 0 Å². The summed E-state index contributed by atoms with van der Waals surface area (Å²) in [5.41, 5.74) is 1.84. The summed E-state index contributed by atoms with van der Waals surface area (Å²) in [5, 5.41) is 18.8. The summed E-state index contributed by atoms with van der Waals surface area (Å²) < 4.78 is 0.508. The van der Waals surface area contributed by atoms with Gasteiger partial charge in [-0.25, -0.2) is 0 Å². The van der Waals surface area contributed by atoms with Crippen molar-refractivity contribution in [2.75, 3.05) is 0 Å². The van der Waals surface area contributed by atoms with E-state index in [9.17, 15) is 10.2 Å². The van der Waals surface area contributed by atoms with E-state index < -0.39 is 0 Å². The minimum absolute atomic E-state index is 0.124. The van der Waals surface area contributed by atoms with Gasteiger partial charge in [-0.3, -0.25) is 0 Å². The monoisotopic (exact) mass is 264 g/mol. The van der Waals surface area contributed by atoms with Gasteiger partial charge < -0.3 is 10.2 Å². The van der Waals surface area contributed by atoms with E-state index in [1.807, 2.05) is 30.3 Å². The maximum absolute atomic E-state index is 9.55. The molecule has 0 unspecified atom stereocenters. The second kappa shape index (κ2) is 3.95. The fourth-order valence-corrected chi connectivity index (χ4v) is 1.96. The summed E-state index contributed by atoms with van der Waals surface area (Å²) in [6, 6.07) is 12.9.